The Morgan fingerprint density at radius 1 is 1.38 bits per heavy atom. The van der Waals surface area contributed by atoms with E-state index in [2.05, 4.69) is 12.2 Å². The van der Waals surface area contributed by atoms with Gasteiger partial charge >= 0.3 is 0 Å². The van der Waals surface area contributed by atoms with Crippen molar-refractivity contribution in [1.29, 1.82) is 0 Å². The molecule has 1 aromatic rings. The number of fused-ring (bicyclic) bond motifs is 1. The number of nitro groups is 1. The highest BCUT2D eigenvalue weighted by Crippen LogP contribution is 2.23. The molecule has 1 heterocycles. The number of nitro benzene ring substituents is 1. The average Bonchev–Trinajstić information content (AvgIpc) is 2.49. The molecule has 1 aliphatic heterocycles. The topological polar surface area (TPSA) is 75.5 Å². The fourth-order valence-corrected chi connectivity index (χ4v) is 2.53. The largest absolute Gasteiger partial charge is 0.338 e. The van der Waals surface area contributed by atoms with Crippen molar-refractivity contribution in [3.05, 3.63) is 39.4 Å². The number of carbonyl (C=O) groups excluding carboxylic acids is 1. The first-order valence-electron chi connectivity index (χ1n) is 7.40. The molecule has 0 spiro atoms. The third-order valence-electron chi connectivity index (χ3n) is 3.68. The van der Waals surface area contributed by atoms with Crippen LogP contribution in [-0.2, 0) is 6.42 Å². The lowest BCUT2D eigenvalue weighted by Gasteiger charge is -2.28. The number of carbonyl (C=O) groups is 1. The van der Waals surface area contributed by atoms with Crippen molar-refractivity contribution in [2.24, 2.45) is 0 Å². The smallest absolute Gasteiger partial charge is 0.270 e. The normalized spacial score (nSPS) is 14.1. The zero-order chi connectivity index (χ0) is 15.2. The monoisotopic (exact) mass is 291 g/mol. The lowest BCUT2D eigenvalue weighted by atomic mass is 9.98. The van der Waals surface area contributed by atoms with Crippen molar-refractivity contribution >= 4 is 11.6 Å². The van der Waals surface area contributed by atoms with Gasteiger partial charge in [0, 0.05) is 30.8 Å². The number of hydrogen-bond donors (Lipinski definition) is 1. The van der Waals surface area contributed by atoms with Gasteiger partial charge in [0.25, 0.3) is 11.6 Å². The second-order valence-corrected chi connectivity index (χ2v) is 5.24. The van der Waals surface area contributed by atoms with Crippen LogP contribution >= 0.6 is 0 Å². The van der Waals surface area contributed by atoms with E-state index in [0.717, 1.165) is 37.9 Å². The number of amides is 1. The van der Waals surface area contributed by atoms with Crippen LogP contribution in [0, 0.1) is 10.1 Å². The Bertz CT molecular complexity index is 531. The summed E-state index contributed by atoms with van der Waals surface area (Å²) in [5.74, 6) is -0.0876. The van der Waals surface area contributed by atoms with Gasteiger partial charge in [-0.15, -0.1) is 0 Å². The molecule has 0 saturated heterocycles. The van der Waals surface area contributed by atoms with Gasteiger partial charge in [-0.3, -0.25) is 14.9 Å². The summed E-state index contributed by atoms with van der Waals surface area (Å²) in [5, 5.41) is 14.1. The molecule has 1 N–H and O–H groups in total. The predicted molar refractivity (Wildman–Crippen MR) is 80.5 cm³/mol. The molecule has 114 valence electrons. The molecule has 6 nitrogen and oxygen atoms in total. The summed E-state index contributed by atoms with van der Waals surface area (Å²) in [7, 11) is 0. The van der Waals surface area contributed by atoms with Gasteiger partial charge < -0.3 is 10.2 Å². The van der Waals surface area contributed by atoms with Gasteiger partial charge in [-0.25, -0.2) is 0 Å². The van der Waals surface area contributed by atoms with Crippen LogP contribution < -0.4 is 5.32 Å². The Morgan fingerprint density at radius 2 is 2.19 bits per heavy atom. The fraction of sp³-hybridized carbons (Fsp3) is 0.533. The van der Waals surface area contributed by atoms with Gasteiger partial charge in [-0.05, 0) is 37.9 Å². The molecule has 21 heavy (non-hydrogen) atoms. The van der Waals surface area contributed by atoms with Crippen LogP contribution in [0.2, 0.25) is 0 Å². The zero-order valence-corrected chi connectivity index (χ0v) is 12.3. The molecule has 6 heteroatoms. The Morgan fingerprint density at radius 3 is 2.90 bits per heavy atom. The highest BCUT2D eigenvalue weighted by molar-refractivity contribution is 5.97. The van der Waals surface area contributed by atoms with Crippen LogP contribution in [-0.4, -0.2) is 41.9 Å². The van der Waals surface area contributed by atoms with E-state index in [-0.39, 0.29) is 11.6 Å². The summed E-state index contributed by atoms with van der Waals surface area (Å²) in [6, 6.07) is 4.57. The highest BCUT2D eigenvalue weighted by Gasteiger charge is 2.25. The third kappa shape index (κ3) is 3.78. The van der Waals surface area contributed by atoms with Crippen LogP contribution in [0.5, 0.6) is 0 Å². The van der Waals surface area contributed by atoms with Gasteiger partial charge in [-0.1, -0.05) is 13.0 Å². The summed E-state index contributed by atoms with van der Waals surface area (Å²) in [6.07, 6.45) is 2.76. The second kappa shape index (κ2) is 7.17. The van der Waals surface area contributed by atoms with Crippen molar-refractivity contribution < 1.29 is 9.72 Å². The molecule has 0 radical (unpaired) electrons. The van der Waals surface area contributed by atoms with E-state index in [9.17, 15) is 14.9 Å². The molecule has 0 aromatic heterocycles. The Labute approximate surface area is 124 Å². The first-order valence-corrected chi connectivity index (χ1v) is 7.40. The van der Waals surface area contributed by atoms with Gasteiger partial charge in [0.1, 0.15) is 0 Å². The minimum atomic E-state index is -0.457. The number of nitrogens with one attached hydrogen (secondary N) is 1. The Balaban J connectivity index is 1.98. The van der Waals surface area contributed by atoms with Gasteiger partial charge in [0.05, 0.1) is 4.92 Å². The second-order valence-electron chi connectivity index (χ2n) is 5.24. The zero-order valence-electron chi connectivity index (χ0n) is 12.3. The van der Waals surface area contributed by atoms with E-state index in [4.69, 9.17) is 0 Å². The van der Waals surface area contributed by atoms with E-state index < -0.39 is 4.92 Å². The Hall–Kier alpha value is -1.95. The fourth-order valence-electron chi connectivity index (χ4n) is 2.53. The van der Waals surface area contributed by atoms with Crippen molar-refractivity contribution in [1.82, 2.24) is 10.2 Å². The summed E-state index contributed by atoms with van der Waals surface area (Å²) in [5.41, 5.74) is 1.37. The van der Waals surface area contributed by atoms with E-state index in [1.165, 1.54) is 12.1 Å². The standard InChI is InChI=1S/C15H21N3O3/c1-2-7-16-8-3-9-17-10-6-12-4-5-13(18(20)21)11-14(12)15(17)19/h4-5,11,16H,2-3,6-10H2,1H3. The average molecular weight is 291 g/mol. The minimum Gasteiger partial charge on any atom is -0.338 e. The molecule has 1 amide bonds. The number of non-ortho nitro benzene ring substituents is 1. The molecule has 0 unspecified atom stereocenters. The first-order chi connectivity index (χ1) is 10.1. The number of benzene rings is 1. The molecular formula is C15H21N3O3. The predicted octanol–water partition coefficient (Wildman–Crippen LogP) is 1.98. The number of hydrogen-bond acceptors (Lipinski definition) is 4. The van der Waals surface area contributed by atoms with E-state index in [1.807, 2.05) is 0 Å². The number of nitrogens with zero attached hydrogens (tertiary/aromatic N) is 2. The highest BCUT2D eigenvalue weighted by atomic mass is 16.6. The molecule has 0 aliphatic carbocycles. The summed E-state index contributed by atoms with van der Waals surface area (Å²) >= 11 is 0. The molecule has 2 rings (SSSR count). The van der Waals surface area contributed by atoms with E-state index in [0.29, 0.717) is 18.7 Å². The van der Waals surface area contributed by atoms with Gasteiger partial charge in [0.15, 0.2) is 0 Å². The maximum atomic E-state index is 12.4. The van der Waals surface area contributed by atoms with Crippen molar-refractivity contribution in [2.75, 3.05) is 26.2 Å². The minimum absolute atomic E-state index is 0.0198. The van der Waals surface area contributed by atoms with E-state index in [1.54, 1.807) is 11.0 Å². The maximum absolute atomic E-state index is 12.4. The van der Waals surface area contributed by atoms with Crippen LogP contribution in [0.15, 0.2) is 18.2 Å². The lowest BCUT2D eigenvalue weighted by molar-refractivity contribution is -0.384. The first kappa shape index (κ1) is 15.4. The van der Waals surface area contributed by atoms with Crippen molar-refractivity contribution in [3.63, 3.8) is 0 Å². The van der Waals surface area contributed by atoms with Gasteiger partial charge in [0.2, 0.25) is 0 Å². The van der Waals surface area contributed by atoms with E-state index >= 15 is 0 Å². The number of rotatable bonds is 7. The molecule has 1 aliphatic rings. The summed E-state index contributed by atoms with van der Waals surface area (Å²) in [6.45, 7) is 5.38. The summed E-state index contributed by atoms with van der Waals surface area (Å²) < 4.78 is 0. The quantitative estimate of drug-likeness (QED) is 0.473. The molecule has 0 bridgehead atoms. The lowest BCUT2D eigenvalue weighted by Crippen LogP contribution is -2.39. The van der Waals surface area contributed by atoms with Crippen molar-refractivity contribution in [3.8, 4) is 0 Å². The van der Waals surface area contributed by atoms with Crippen LogP contribution in [0.3, 0.4) is 0 Å². The summed E-state index contributed by atoms with van der Waals surface area (Å²) in [4.78, 5) is 24.5. The van der Waals surface area contributed by atoms with Crippen LogP contribution in [0.1, 0.15) is 35.7 Å². The van der Waals surface area contributed by atoms with Crippen molar-refractivity contribution in [2.45, 2.75) is 26.2 Å². The molecule has 1 aromatic carbocycles. The Kier molecular flexibility index (Phi) is 5.27. The molecule has 0 atom stereocenters. The third-order valence-corrected chi connectivity index (χ3v) is 3.68. The van der Waals surface area contributed by atoms with Crippen LogP contribution in [0.25, 0.3) is 0 Å². The van der Waals surface area contributed by atoms with Gasteiger partial charge in [-0.2, -0.15) is 0 Å². The molecule has 0 saturated carbocycles. The molecular weight excluding hydrogens is 270 g/mol. The maximum Gasteiger partial charge on any atom is 0.270 e. The SMILES string of the molecule is CCCNCCCN1CCc2ccc([N+](=O)[O-])cc2C1=O. The molecule has 0 fully saturated rings. The van der Waals surface area contributed by atoms with Crippen LogP contribution in [0.4, 0.5) is 5.69 Å².